The lowest BCUT2D eigenvalue weighted by atomic mass is 9.95. The van der Waals surface area contributed by atoms with Crippen molar-refractivity contribution in [3.8, 4) is 0 Å². The molecule has 1 unspecified atom stereocenters. The Labute approximate surface area is 107 Å². The zero-order chi connectivity index (χ0) is 12.5. The monoisotopic (exact) mass is 242 g/mol. The van der Waals surface area contributed by atoms with Crippen LogP contribution < -0.4 is 5.32 Å². The van der Waals surface area contributed by atoms with Crippen LogP contribution >= 0.6 is 0 Å². The molecule has 0 aromatic carbocycles. The maximum atomic E-state index is 4.52. The predicted molar refractivity (Wildman–Crippen MR) is 71.8 cm³/mol. The van der Waals surface area contributed by atoms with E-state index in [-0.39, 0.29) is 0 Å². The molecule has 0 spiro atoms. The van der Waals surface area contributed by atoms with Gasteiger partial charge in [0.15, 0.2) is 0 Å². The van der Waals surface area contributed by atoms with Gasteiger partial charge in [0.2, 0.25) is 0 Å². The quantitative estimate of drug-likeness (QED) is 0.898. The molecule has 4 heteroatoms. The van der Waals surface area contributed by atoms with E-state index >= 15 is 0 Å². The zero-order valence-corrected chi connectivity index (χ0v) is 10.8. The van der Waals surface area contributed by atoms with E-state index in [4.69, 9.17) is 0 Å². The first-order valence-electron chi connectivity index (χ1n) is 6.49. The summed E-state index contributed by atoms with van der Waals surface area (Å²) < 4.78 is 1.86. The SMILES string of the molecule is CCCc1cnc2c(c1)C(c1cnn(C)c1)CN2. The van der Waals surface area contributed by atoms with Crippen LogP contribution in [0.4, 0.5) is 5.82 Å². The molecule has 0 saturated carbocycles. The van der Waals surface area contributed by atoms with E-state index in [1.54, 1.807) is 0 Å². The maximum Gasteiger partial charge on any atom is 0.129 e. The Hall–Kier alpha value is -1.84. The highest BCUT2D eigenvalue weighted by Crippen LogP contribution is 2.35. The molecule has 94 valence electrons. The molecule has 0 saturated heterocycles. The summed E-state index contributed by atoms with van der Waals surface area (Å²) in [6.07, 6.45) is 8.29. The van der Waals surface area contributed by atoms with Crippen molar-refractivity contribution < 1.29 is 0 Å². The third-order valence-corrected chi connectivity index (χ3v) is 3.49. The minimum atomic E-state index is 0.387. The Bertz CT molecular complexity index is 559. The average molecular weight is 242 g/mol. The van der Waals surface area contributed by atoms with Gasteiger partial charge in [-0.25, -0.2) is 4.98 Å². The van der Waals surface area contributed by atoms with Crippen LogP contribution in [0, 0.1) is 0 Å². The maximum absolute atomic E-state index is 4.52. The summed E-state index contributed by atoms with van der Waals surface area (Å²) in [7, 11) is 1.96. The summed E-state index contributed by atoms with van der Waals surface area (Å²) in [6.45, 7) is 3.12. The van der Waals surface area contributed by atoms with Gasteiger partial charge in [-0.15, -0.1) is 0 Å². The van der Waals surface area contributed by atoms with Crippen LogP contribution in [0.3, 0.4) is 0 Å². The van der Waals surface area contributed by atoms with E-state index in [0.717, 1.165) is 25.2 Å². The highest BCUT2D eigenvalue weighted by Gasteiger charge is 2.25. The topological polar surface area (TPSA) is 42.7 Å². The Morgan fingerprint density at radius 1 is 1.44 bits per heavy atom. The van der Waals surface area contributed by atoms with Gasteiger partial charge in [0.1, 0.15) is 5.82 Å². The number of rotatable bonds is 3. The molecule has 0 aliphatic carbocycles. The van der Waals surface area contributed by atoms with E-state index in [0.29, 0.717) is 5.92 Å². The Morgan fingerprint density at radius 2 is 2.33 bits per heavy atom. The van der Waals surface area contributed by atoms with E-state index in [1.807, 2.05) is 24.1 Å². The number of anilines is 1. The van der Waals surface area contributed by atoms with Crippen LogP contribution in [-0.4, -0.2) is 21.3 Å². The molecule has 2 aromatic rings. The van der Waals surface area contributed by atoms with Crippen molar-refractivity contribution in [1.82, 2.24) is 14.8 Å². The van der Waals surface area contributed by atoms with Crippen LogP contribution in [0.1, 0.15) is 36.0 Å². The molecule has 2 aromatic heterocycles. The van der Waals surface area contributed by atoms with E-state index < -0.39 is 0 Å². The molecule has 0 radical (unpaired) electrons. The predicted octanol–water partition coefficient (Wildman–Crippen LogP) is 2.33. The van der Waals surface area contributed by atoms with E-state index in [2.05, 4.69) is 34.6 Å². The van der Waals surface area contributed by atoms with Crippen molar-refractivity contribution in [3.05, 3.63) is 41.3 Å². The zero-order valence-electron chi connectivity index (χ0n) is 10.8. The van der Waals surface area contributed by atoms with Crippen LogP contribution in [0.15, 0.2) is 24.7 Å². The summed E-state index contributed by atoms with van der Waals surface area (Å²) in [5.41, 5.74) is 3.90. The molecule has 3 heterocycles. The van der Waals surface area contributed by atoms with Crippen LogP contribution in [0.25, 0.3) is 0 Å². The average Bonchev–Trinajstić information content (AvgIpc) is 2.95. The molecule has 0 bridgehead atoms. The minimum absolute atomic E-state index is 0.387. The minimum Gasteiger partial charge on any atom is -0.369 e. The number of hydrogen-bond donors (Lipinski definition) is 1. The van der Waals surface area contributed by atoms with E-state index in [9.17, 15) is 0 Å². The first-order chi connectivity index (χ1) is 8.78. The fraction of sp³-hybridized carbons (Fsp3) is 0.429. The van der Waals surface area contributed by atoms with Gasteiger partial charge in [0.25, 0.3) is 0 Å². The summed E-state index contributed by atoms with van der Waals surface area (Å²) in [6, 6.07) is 2.30. The van der Waals surface area contributed by atoms with Gasteiger partial charge in [-0.2, -0.15) is 5.10 Å². The Balaban J connectivity index is 1.96. The fourth-order valence-corrected chi connectivity index (χ4v) is 2.59. The number of aryl methyl sites for hydroxylation is 2. The Morgan fingerprint density at radius 3 is 3.06 bits per heavy atom. The second-order valence-corrected chi connectivity index (χ2v) is 4.91. The first-order valence-corrected chi connectivity index (χ1v) is 6.49. The fourth-order valence-electron chi connectivity index (χ4n) is 2.59. The molecule has 18 heavy (non-hydrogen) atoms. The normalized spacial score (nSPS) is 17.6. The van der Waals surface area contributed by atoms with Gasteiger partial charge in [-0.3, -0.25) is 4.68 Å². The largest absolute Gasteiger partial charge is 0.369 e. The van der Waals surface area contributed by atoms with Gasteiger partial charge < -0.3 is 5.32 Å². The van der Waals surface area contributed by atoms with Crippen molar-refractivity contribution in [2.45, 2.75) is 25.7 Å². The number of hydrogen-bond acceptors (Lipinski definition) is 3. The van der Waals surface area contributed by atoms with Gasteiger partial charge in [0, 0.05) is 37.5 Å². The summed E-state index contributed by atoms with van der Waals surface area (Å²) in [5.74, 6) is 1.42. The second kappa shape index (κ2) is 4.44. The molecule has 0 fully saturated rings. The van der Waals surface area contributed by atoms with E-state index in [1.165, 1.54) is 16.7 Å². The highest BCUT2D eigenvalue weighted by molar-refractivity contribution is 5.56. The molecular formula is C14H18N4. The highest BCUT2D eigenvalue weighted by atomic mass is 15.2. The lowest BCUT2D eigenvalue weighted by Gasteiger charge is -2.08. The number of pyridine rings is 1. The molecule has 1 aliphatic heterocycles. The van der Waals surface area contributed by atoms with Gasteiger partial charge in [-0.05, 0) is 23.6 Å². The lowest BCUT2D eigenvalue weighted by Crippen LogP contribution is -2.02. The van der Waals surface area contributed by atoms with Crippen LogP contribution in [0.2, 0.25) is 0 Å². The first kappa shape index (κ1) is 11.3. The van der Waals surface area contributed by atoms with Gasteiger partial charge in [0.05, 0.1) is 6.20 Å². The molecule has 1 atom stereocenters. The van der Waals surface area contributed by atoms with Crippen molar-refractivity contribution >= 4 is 5.82 Å². The number of nitrogens with zero attached hydrogens (tertiary/aromatic N) is 3. The third-order valence-electron chi connectivity index (χ3n) is 3.49. The standard InChI is InChI=1S/C14H18N4/c1-3-4-10-5-12-13(8-16-14(12)15-6-10)11-7-17-18(2)9-11/h5-7,9,13H,3-4,8H2,1-2H3,(H,15,16). The molecule has 1 N–H and O–H groups in total. The van der Waals surface area contributed by atoms with Crippen molar-refractivity contribution in [1.29, 1.82) is 0 Å². The lowest BCUT2D eigenvalue weighted by molar-refractivity contribution is 0.765. The van der Waals surface area contributed by atoms with Crippen molar-refractivity contribution in [2.75, 3.05) is 11.9 Å². The summed E-state index contributed by atoms with van der Waals surface area (Å²) >= 11 is 0. The van der Waals surface area contributed by atoms with Crippen molar-refractivity contribution in [2.24, 2.45) is 7.05 Å². The van der Waals surface area contributed by atoms with Crippen LogP contribution in [-0.2, 0) is 13.5 Å². The molecular weight excluding hydrogens is 224 g/mol. The van der Waals surface area contributed by atoms with Crippen molar-refractivity contribution in [3.63, 3.8) is 0 Å². The molecule has 1 aliphatic rings. The smallest absolute Gasteiger partial charge is 0.129 e. The number of aromatic nitrogens is 3. The summed E-state index contributed by atoms with van der Waals surface area (Å²) in [4.78, 5) is 4.52. The molecule has 3 rings (SSSR count). The van der Waals surface area contributed by atoms with Gasteiger partial charge >= 0.3 is 0 Å². The Kier molecular flexibility index (Phi) is 2.78. The second-order valence-electron chi connectivity index (χ2n) is 4.91. The molecule has 4 nitrogen and oxygen atoms in total. The number of nitrogens with one attached hydrogen (secondary N) is 1. The van der Waals surface area contributed by atoms with Crippen LogP contribution in [0.5, 0.6) is 0 Å². The third kappa shape index (κ3) is 1.88. The number of fused-ring (bicyclic) bond motifs is 1. The summed E-state index contributed by atoms with van der Waals surface area (Å²) in [5, 5.41) is 7.64. The molecule has 0 amide bonds. The van der Waals surface area contributed by atoms with Gasteiger partial charge in [-0.1, -0.05) is 13.3 Å².